The lowest BCUT2D eigenvalue weighted by Crippen LogP contribution is -2.41. The van der Waals surface area contributed by atoms with Crippen molar-refractivity contribution in [3.05, 3.63) is 0 Å². The fraction of sp³-hybridized carbons (Fsp3) is 1.00. The lowest BCUT2D eigenvalue weighted by molar-refractivity contribution is 0.564. The van der Waals surface area contributed by atoms with Crippen molar-refractivity contribution in [3.63, 3.8) is 0 Å². The minimum atomic E-state index is -1.02. The van der Waals surface area contributed by atoms with Crippen molar-refractivity contribution >= 4 is 16.5 Å². The first-order valence-electron chi connectivity index (χ1n) is 8.71. The molecule has 0 fully saturated rings. The minimum Gasteiger partial charge on any atom is -0.337 e. The summed E-state index contributed by atoms with van der Waals surface area (Å²) < 4.78 is 0. The van der Waals surface area contributed by atoms with Crippen LogP contribution in [0.2, 0.25) is 39.3 Å². The highest BCUT2D eigenvalue weighted by atomic mass is 28.3. The molecule has 0 amide bonds. The molecule has 0 unspecified atom stereocenters. The maximum Gasteiger partial charge on any atom is 0.116 e. The van der Waals surface area contributed by atoms with E-state index in [1.807, 2.05) is 0 Å². The summed E-state index contributed by atoms with van der Waals surface area (Å²) in [5.74, 6) is 0. The number of hydrogen-bond donors (Lipinski definition) is 2. The highest BCUT2D eigenvalue weighted by Gasteiger charge is 2.11. The molecular weight excluding hydrogens is 276 g/mol. The highest BCUT2D eigenvalue weighted by molar-refractivity contribution is 6.73. The van der Waals surface area contributed by atoms with Gasteiger partial charge in [-0.15, -0.1) is 0 Å². The summed E-state index contributed by atoms with van der Waals surface area (Å²) in [4.78, 5) is 7.39. The number of nitrogens with one attached hydrogen (secondary N) is 2. The van der Waals surface area contributed by atoms with E-state index in [-0.39, 0.29) is 0 Å². The van der Waals surface area contributed by atoms with Crippen molar-refractivity contribution in [3.8, 4) is 0 Å². The zero-order valence-electron chi connectivity index (χ0n) is 15.1. The smallest absolute Gasteiger partial charge is 0.116 e. The Hall–Kier alpha value is 0.354. The predicted molar refractivity (Wildman–Crippen MR) is 99.6 cm³/mol. The molecule has 0 heterocycles. The Balaban J connectivity index is 3.10. The van der Waals surface area contributed by atoms with E-state index in [1.165, 1.54) is 64.5 Å². The zero-order chi connectivity index (χ0) is 15.5. The third kappa shape index (κ3) is 18.4. The third-order valence-electron chi connectivity index (χ3n) is 3.41. The van der Waals surface area contributed by atoms with Gasteiger partial charge in [0.05, 0.1) is 0 Å². The lowest BCUT2D eigenvalue weighted by atomic mass is 10.1. The summed E-state index contributed by atoms with van der Waals surface area (Å²) in [6, 6.07) is 0. The second-order valence-electron chi connectivity index (χ2n) is 8.18. The van der Waals surface area contributed by atoms with Crippen molar-refractivity contribution in [2.75, 3.05) is 13.1 Å². The molecule has 0 spiro atoms. The molecule has 122 valence electrons. The maximum atomic E-state index is 3.69. The van der Waals surface area contributed by atoms with Crippen molar-refractivity contribution in [2.45, 2.75) is 90.6 Å². The Kier molecular flexibility index (Phi) is 11.2. The van der Waals surface area contributed by atoms with Crippen LogP contribution >= 0.6 is 0 Å². The molecular formula is C16H40N2Si2. The molecule has 0 aromatic carbocycles. The minimum absolute atomic E-state index is 1.02. The standard InChI is InChI=1S/C16H40N2Si2/c1-19(2,3)17-15-13-11-9-7-8-10-12-14-16-18-20(4,5)6/h17-18H,7-16H2,1-6H3. The summed E-state index contributed by atoms with van der Waals surface area (Å²) in [7, 11) is -2.04. The van der Waals surface area contributed by atoms with E-state index in [9.17, 15) is 0 Å². The van der Waals surface area contributed by atoms with E-state index in [2.05, 4.69) is 49.2 Å². The van der Waals surface area contributed by atoms with Gasteiger partial charge in [0.2, 0.25) is 0 Å². The molecule has 0 radical (unpaired) electrons. The van der Waals surface area contributed by atoms with E-state index in [0.717, 1.165) is 0 Å². The molecule has 0 rings (SSSR count). The van der Waals surface area contributed by atoms with Crippen LogP contribution in [0, 0.1) is 0 Å². The summed E-state index contributed by atoms with van der Waals surface area (Å²) in [5.41, 5.74) is 0. The molecule has 0 aliphatic rings. The van der Waals surface area contributed by atoms with Crippen molar-refractivity contribution < 1.29 is 0 Å². The van der Waals surface area contributed by atoms with Crippen LogP contribution in [-0.4, -0.2) is 29.6 Å². The van der Waals surface area contributed by atoms with E-state index < -0.39 is 16.5 Å². The fourth-order valence-corrected chi connectivity index (χ4v) is 4.09. The van der Waals surface area contributed by atoms with Crippen LogP contribution in [0.3, 0.4) is 0 Å². The molecule has 2 N–H and O–H groups in total. The summed E-state index contributed by atoms with van der Waals surface area (Å²) in [6.45, 7) is 16.7. The Morgan fingerprint density at radius 1 is 0.450 bits per heavy atom. The molecule has 0 saturated heterocycles. The molecule has 0 aliphatic heterocycles. The van der Waals surface area contributed by atoms with Gasteiger partial charge in [0.1, 0.15) is 16.5 Å². The van der Waals surface area contributed by atoms with Gasteiger partial charge in [0.15, 0.2) is 0 Å². The SMILES string of the molecule is C[Si](C)(C)NCCCCCCCCCCN[Si](C)(C)C. The average molecular weight is 317 g/mol. The average Bonchev–Trinajstić information content (AvgIpc) is 2.27. The molecule has 0 saturated carbocycles. The maximum absolute atomic E-state index is 3.69. The fourth-order valence-electron chi connectivity index (χ4n) is 2.24. The summed E-state index contributed by atoms with van der Waals surface area (Å²) >= 11 is 0. The van der Waals surface area contributed by atoms with Crippen LogP contribution in [0.1, 0.15) is 51.4 Å². The molecule has 2 nitrogen and oxygen atoms in total. The van der Waals surface area contributed by atoms with Gasteiger partial charge < -0.3 is 9.96 Å². The van der Waals surface area contributed by atoms with Crippen molar-refractivity contribution in [1.82, 2.24) is 9.96 Å². The van der Waals surface area contributed by atoms with Gasteiger partial charge in [-0.1, -0.05) is 77.8 Å². The first-order chi connectivity index (χ1) is 9.21. The van der Waals surface area contributed by atoms with E-state index in [1.54, 1.807) is 0 Å². The molecule has 0 aromatic heterocycles. The van der Waals surface area contributed by atoms with Crippen LogP contribution in [0.5, 0.6) is 0 Å². The van der Waals surface area contributed by atoms with Crippen LogP contribution < -0.4 is 9.96 Å². The molecule has 0 bridgehead atoms. The highest BCUT2D eigenvalue weighted by Crippen LogP contribution is 2.08. The number of unbranched alkanes of at least 4 members (excludes halogenated alkanes) is 7. The first-order valence-corrected chi connectivity index (χ1v) is 15.7. The lowest BCUT2D eigenvalue weighted by Gasteiger charge is -2.17. The monoisotopic (exact) mass is 316 g/mol. The number of rotatable bonds is 13. The number of hydrogen-bond acceptors (Lipinski definition) is 2. The van der Waals surface area contributed by atoms with Gasteiger partial charge in [0.25, 0.3) is 0 Å². The molecule has 4 heteroatoms. The molecule has 20 heavy (non-hydrogen) atoms. The third-order valence-corrected chi connectivity index (χ3v) is 6.04. The zero-order valence-corrected chi connectivity index (χ0v) is 17.1. The summed E-state index contributed by atoms with van der Waals surface area (Å²) in [6.07, 6.45) is 11.3. The van der Waals surface area contributed by atoms with Gasteiger partial charge in [-0.2, -0.15) is 0 Å². The van der Waals surface area contributed by atoms with E-state index in [0.29, 0.717) is 0 Å². The van der Waals surface area contributed by atoms with Crippen LogP contribution in [-0.2, 0) is 0 Å². The predicted octanol–water partition coefficient (Wildman–Crippen LogP) is 4.96. The van der Waals surface area contributed by atoms with Gasteiger partial charge in [-0.25, -0.2) is 0 Å². The Morgan fingerprint density at radius 3 is 0.950 bits per heavy atom. The summed E-state index contributed by atoms with van der Waals surface area (Å²) in [5, 5.41) is 0. The van der Waals surface area contributed by atoms with Crippen LogP contribution in [0.25, 0.3) is 0 Å². The Morgan fingerprint density at radius 2 is 0.700 bits per heavy atom. The normalized spacial score (nSPS) is 12.9. The second kappa shape index (κ2) is 11.0. The second-order valence-corrected chi connectivity index (χ2v) is 17.9. The molecule has 0 aromatic rings. The molecule has 0 atom stereocenters. The van der Waals surface area contributed by atoms with E-state index in [4.69, 9.17) is 0 Å². The Bertz CT molecular complexity index is 195. The largest absolute Gasteiger partial charge is 0.337 e. The van der Waals surface area contributed by atoms with Gasteiger partial charge >= 0.3 is 0 Å². The van der Waals surface area contributed by atoms with Crippen molar-refractivity contribution in [2.24, 2.45) is 0 Å². The quantitative estimate of drug-likeness (QED) is 0.371. The van der Waals surface area contributed by atoms with Crippen LogP contribution in [0.4, 0.5) is 0 Å². The first kappa shape index (κ1) is 20.4. The molecule has 0 aliphatic carbocycles. The van der Waals surface area contributed by atoms with E-state index >= 15 is 0 Å². The topological polar surface area (TPSA) is 24.1 Å². The van der Waals surface area contributed by atoms with Gasteiger partial charge in [0, 0.05) is 0 Å². The van der Waals surface area contributed by atoms with Gasteiger partial charge in [-0.05, 0) is 25.9 Å². The van der Waals surface area contributed by atoms with Crippen LogP contribution in [0.15, 0.2) is 0 Å². The van der Waals surface area contributed by atoms with Crippen molar-refractivity contribution in [1.29, 1.82) is 0 Å². The van der Waals surface area contributed by atoms with Gasteiger partial charge in [-0.3, -0.25) is 0 Å². The Labute approximate surface area is 130 Å².